The predicted molar refractivity (Wildman–Crippen MR) is 87.1 cm³/mol. The minimum absolute atomic E-state index is 0.511. The number of anilines is 2. The van der Waals surface area contributed by atoms with Crippen LogP contribution >= 0.6 is 15.9 Å². The predicted octanol–water partition coefficient (Wildman–Crippen LogP) is 4.00. The van der Waals surface area contributed by atoms with E-state index >= 15 is 0 Å². The number of carbonyl (C=O) groups excluding carboxylic acids is 2. The zero-order chi connectivity index (χ0) is 17.0. The van der Waals surface area contributed by atoms with Crippen LogP contribution in [0.4, 0.5) is 20.2 Å². The summed E-state index contributed by atoms with van der Waals surface area (Å²) in [6, 6.07) is 8.40. The number of benzene rings is 2. The third-order valence-electron chi connectivity index (χ3n) is 3.00. The Hall–Kier alpha value is -2.28. The van der Waals surface area contributed by atoms with Crippen LogP contribution in [-0.2, 0) is 9.59 Å². The fraction of sp³-hybridized carbons (Fsp3) is 0.125. The molecule has 2 N–H and O–H groups in total. The number of nitrogens with one attached hydrogen (secondary N) is 2. The van der Waals surface area contributed by atoms with Crippen molar-refractivity contribution in [3.8, 4) is 0 Å². The molecule has 4 nitrogen and oxygen atoms in total. The van der Waals surface area contributed by atoms with Gasteiger partial charge >= 0.3 is 0 Å². The number of aryl methyl sites for hydroxylation is 1. The summed E-state index contributed by atoms with van der Waals surface area (Å²) >= 11 is 3.33. The van der Waals surface area contributed by atoms with Crippen LogP contribution in [0.25, 0.3) is 0 Å². The van der Waals surface area contributed by atoms with E-state index in [0.29, 0.717) is 5.69 Å². The molecule has 0 aliphatic heterocycles. The molecule has 120 valence electrons. The zero-order valence-corrected chi connectivity index (χ0v) is 13.7. The van der Waals surface area contributed by atoms with E-state index in [1.807, 2.05) is 6.92 Å². The molecular weight excluding hydrogens is 370 g/mol. The van der Waals surface area contributed by atoms with E-state index in [2.05, 4.69) is 26.6 Å². The Kier molecular flexibility index (Phi) is 5.44. The highest BCUT2D eigenvalue weighted by molar-refractivity contribution is 9.10. The van der Waals surface area contributed by atoms with Crippen molar-refractivity contribution in [3.05, 3.63) is 58.1 Å². The molecule has 0 atom stereocenters. The summed E-state index contributed by atoms with van der Waals surface area (Å²) in [5.74, 6) is -3.20. The Balaban J connectivity index is 1.97. The maximum Gasteiger partial charge on any atom is 0.233 e. The summed E-state index contributed by atoms with van der Waals surface area (Å²) in [4.78, 5) is 23.5. The van der Waals surface area contributed by atoms with Gasteiger partial charge in [-0.1, -0.05) is 28.1 Å². The molecule has 0 saturated carbocycles. The van der Waals surface area contributed by atoms with Gasteiger partial charge in [-0.05, 0) is 36.8 Å². The van der Waals surface area contributed by atoms with Gasteiger partial charge in [0.2, 0.25) is 11.8 Å². The fourth-order valence-electron chi connectivity index (χ4n) is 1.82. The largest absolute Gasteiger partial charge is 0.326 e. The van der Waals surface area contributed by atoms with Crippen molar-refractivity contribution >= 4 is 39.1 Å². The second kappa shape index (κ2) is 7.32. The monoisotopic (exact) mass is 382 g/mol. The van der Waals surface area contributed by atoms with E-state index in [4.69, 9.17) is 0 Å². The lowest BCUT2D eigenvalue weighted by molar-refractivity contribution is -0.123. The van der Waals surface area contributed by atoms with Crippen LogP contribution in [-0.4, -0.2) is 11.8 Å². The number of hydrogen-bond acceptors (Lipinski definition) is 2. The fourth-order valence-corrected chi connectivity index (χ4v) is 2.20. The average molecular weight is 383 g/mol. The Labute approximate surface area is 140 Å². The molecule has 0 aliphatic rings. The Bertz CT molecular complexity index is 745. The summed E-state index contributed by atoms with van der Waals surface area (Å²) < 4.78 is 27.6. The van der Waals surface area contributed by atoms with E-state index in [1.165, 1.54) is 6.07 Å². The lowest BCUT2D eigenvalue weighted by Crippen LogP contribution is -2.22. The van der Waals surface area contributed by atoms with Gasteiger partial charge in [0, 0.05) is 10.2 Å². The number of halogens is 3. The first-order valence-electron chi connectivity index (χ1n) is 6.66. The van der Waals surface area contributed by atoms with Gasteiger partial charge in [0.1, 0.15) is 23.7 Å². The molecule has 0 aliphatic carbocycles. The van der Waals surface area contributed by atoms with Gasteiger partial charge in [-0.3, -0.25) is 9.59 Å². The SMILES string of the molecule is Cc1ccc(NC(=O)CC(=O)Nc2c(F)cccc2F)cc1Br. The number of para-hydroxylation sites is 1. The van der Waals surface area contributed by atoms with E-state index in [1.54, 1.807) is 18.2 Å². The van der Waals surface area contributed by atoms with Gasteiger partial charge in [0.25, 0.3) is 0 Å². The molecule has 2 aromatic rings. The molecule has 23 heavy (non-hydrogen) atoms. The zero-order valence-electron chi connectivity index (χ0n) is 12.1. The normalized spacial score (nSPS) is 10.3. The van der Waals surface area contributed by atoms with E-state index in [-0.39, 0.29) is 0 Å². The second-order valence-corrected chi connectivity index (χ2v) is 5.69. The minimum atomic E-state index is -0.902. The lowest BCUT2D eigenvalue weighted by atomic mass is 10.2. The highest BCUT2D eigenvalue weighted by Crippen LogP contribution is 2.21. The van der Waals surface area contributed by atoms with Gasteiger partial charge < -0.3 is 10.6 Å². The average Bonchev–Trinajstić information content (AvgIpc) is 2.47. The molecule has 0 aromatic heterocycles. The molecule has 7 heteroatoms. The van der Waals surface area contributed by atoms with E-state index < -0.39 is 35.6 Å². The number of rotatable bonds is 4. The topological polar surface area (TPSA) is 58.2 Å². The summed E-state index contributed by atoms with van der Waals surface area (Å²) in [6.45, 7) is 1.89. The first-order valence-corrected chi connectivity index (χ1v) is 7.46. The minimum Gasteiger partial charge on any atom is -0.326 e. The quantitative estimate of drug-likeness (QED) is 0.785. The van der Waals surface area contributed by atoms with E-state index in [0.717, 1.165) is 22.2 Å². The highest BCUT2D eigenvalue weighted by Gasteiger charge is 2.15. The highest BCUT2D eigenvalue weighted by atomic mass is 79.9. The smallest absolute Gasteiger partial charge is 0.233 e. The van der Waals surface area contributed by atoms with Crippen LogP contribution in [0.1, 0.15) is 12.0 Å². The molecule has 2 rings (SSSR count). The van der Waals surface area contributed by atoms with Crippen LogP contribution in [0.15, 0.2) is 40.9 Å². The maximum atomic E-state index is 13.4. The van der Waals surface area contributed by atoms with Gasteiger partial charge in [0.05, 0.1) is 0 Å². The first-order chi connectivity index (χ1) is 10.9. The molecule has 0 radical (unpaired) electrons. The standard InChI is InChI=1S/C16H13BrF2N2O2/c1-9-5-6-10(7-11(9)17)20-14(22)8-15(23)21-16-12(18)3-2-4-13(16)19/h2-7H,8H2,1H3,(H,20,22)(H,21,23). The summed E-state index contributed by atoms with van der Waals surface area (Å²) in [6.07, 6.45) is -0.556. The van der Waals surface area contributed by atoms with Gasteiger partial charge in [-0.2, -0.15) is 0 Å². The Morgan fingerprint density at radius 1 is 1.04 bits per heavy atom. The van der Waals surface area contributed by atoms with Crippen molar-refractivity contribution in [1.29, 1.82) is 0 Å². The van der Waals surface area contributed by atoms with Crippen LogP contribution in [0.2, 0.25) is 0 Å². The van der Waals surface area contributed by atoms with Gasteiger partial charge in [-0.15, -0.1) is 0 Å². The van der Waals surface area contributed by atoms with Crippen molar-refractivity contribution in [2.75, 3.05) is 10.6 Å². The van der Waals surface area contributed by atoms with E-state index in [9.17, 15) is 18.4 Å². The van der Waals surface area contributed by atoms with Crippen molar-refractivity contribution in [3.63, 3.8) is 0 Å². The summed E-state index contributed by atoms with van der Waals surface area (Å²) in [5, 5.41) is 4.60. The molecule has 0 unspecified atom stereocenters. The van der Waals surface area contributed by atoms with Crippen molar-refractivity contribution in [2.45, 2.75) is 13.3 Å². The molecule has 0 heterocycles. The second-order valence-electron chi connectivity index (χ2n) is 4.83. The molecule has 0 saturated heterocycles. The number of carbonyl (C=O) groups is 2. The Morgan fingerprint density at radius 2 is 1.65 bits per heavy atom. The molecule has 0 fully saturated rings. The number of amides is 2. The van der Waals surface area contributed by atoms with Crippen LogP contribution in [0, 0.1) is 18.6 Å². The number of hydrogen-bond donors (Lipinski definition) is 2. The lowest BCUT2D eigenvalue weighted by Gasteiger charge is -2.09. The van der Waals surface area contributed by atoms with Crippen molar-refractivity contribution < 1.29 is 18.4 Å². The van der Waals surface area contributed by atoms with Crippen molar-refractivity contribution in [2.24, 2.45) is 0 Å². The first kappa shape index (κ1) is 17.1. The third kappa shape index (κ3) is 4.59. The molecule has 2 aromatic carbocycles. The Morgan fingerprint density at radius 3 is 2.26 bits per heavy atom. The van der Waals surface area contributed by atoms with Crippen molar-refractivity contribution in [1.82, 2.24) is 0 Å². The molecule has 0 bridgehead atoms. The van der Waals surface area contributed by atoms with Gasteiger partial charge in [0.15, 0.2) is 0 Å². The third-order valence-corrected chi connectivity index (χ3v) is 3.86. The van der Waals surface area contributed by atoms with Gasteiger partial charge in [-0.25, -0.2) is 8.78 Å². The molecular formula is C16H13BrF2N2O2. The summed E-state index contributed by atoms with van der Waals surface area (Å²) in [7, 11) is 0. The van der Waals surface area contributed by atoms with Crippen LogP contribution in [0.3, 0.4) is 0 Å². The molecule has 2 amide bonds. The van der Waals surface area contributed by atoms with Crippen LogP contribution in [0.5, 0.6) is 0 Å². The maximum absolute atomic E-state index is 13.4. The summed E-state index contributed by atoms with van der Waals surface area (Å²) in [5.41, 5.74) is 0.941. The molecule has 0 spiro atoms. The van der Waals surface area contributed by atoms with Crippen LogP contribution < -0.4 is 10.6 Å².